The monoisotopic (exact) mass is 495 g/mol. The molecule has 1 aliphatic heterocycles. The van der Waals surface area contributed by atoms with E-state index in [1.807, 2.05) is 4.72 Å². The summed E-state index contributed by atoms with van der Waals surface area (Å²) >= 11 is 5.90. The average molecular weight is 496 g/mol. The number of benzene rings is 3. The van der Waals surface area contributed by atoms with Gasteiger partial charge < -0.3 is 14.6 Å². The van der Waals surface area contributed by atoms with Gasteiger partial charge in [-0.25, -0.2) is 22.0 Å². The molecule has 0 radical (unpaired) electrons. The van der Waals surface area contributed by atoms with Crippen molar-refractivity contribution in [3.05, 3.63) is 70.2 Å². The van der Waals surface area contributed by atoms with Crippen molar-refractivity contribution in [2.24, 2.45) is 0 Å². The number of aromatic hydroxyl groups is 1. The predicted molar refractivity (Wildman–Crippen MR) is 116 cm³/mol. The molecule has 1 heterocycles. The molecule has 4 bridgehead atoms. The number of rotatable bonds is 0. The van der Waals surface area contributed by atoms with E-state index in [2.05, 4.69) is 0 Å². The van der Waals surface area contributed by atoms with Crippen molar-refractivity contribution in [2.75, 3.05) is 17.9 Å². The first kappa shape index (κ1) is 22.8. The Labute approximate surface area is 192 Å². The van der Waals surface area contributed by atoms with E-state index in [0.29, 0.717) is 11.6 Å². The molecular formula is C22H16ClF2NO6S. The highest BCUT2D eigenvalue weighted by Gasteiger charge is 2.27. The second-order valence-electron chi connectivity index (χ2n) is 7.15. The summed E-state index contributed by atoms with van der Waals surface area (Å²) in [4.78, 5) is 11.6. The molecule has 33 heavy (non-hydrogen) atoms. The van der Waals surface area contributed by atoms with Gasteiger partial charge in [-0.05, 0) is 36.8 Å². The van der Waals surface area contributed by atoms with Gasteiger partial charge in [-0.2, -0.15) is 0 Å². The van der Waals surface area contributed by atoms with E-state index in [9.17, 15) is 27.1 Å². The summed E-state index contributed by atoms with van der Waals surface area (Å²) in [6.07, 6.45) is 0. The van der Waals surface area contributed by atoms with E-state index >= 15 is 0 Å². The number of aryl methyl sites for hydroxylation is 1. The Morgan fingerprint density at radius 1 is 1.06 bits per heavy atom. The third-order valence-electron chi connectivity index (χ3n) is 4.93. The molecule has 0 unspecified atom stereocenters. The first-order valence-corrected chi connectivity index (χ1v) is 11.4. The van der Waals surface area contributed by atoms with Crippen LogP contribution in [0.3, 0.4) is 0 Å². The lowest BCUT2D eigenvalue weighted by molar-refractivity contribution is 0.0450. The van der Waals surface area contributed by atoms with Crippen molar-refractivity contribution >= 4 is 33.3 Å². The van der Waals surface area contributed by atoms with E-state index in [1.54, 1.807) is 25.1 Å². The molecule has 0 fully saturated rings. The summed E-state index contributed by atoms with van der Waals surface area (Å²) in [5.41, 5.74) is -0.124. The van der Waals surface area contributed by atoms with Crippen LogP contribution in [-0.2, 0) is 14.8 Å². The molecule has 0 saturated carbocycles. The summed E-state index contributed by atoms with van der Waals surface area (Å²) in [7, 11) is -4.66. The van der Waals surface area contributed by atoms with Crippen LogP contribution in [0, 0.1) is 18.6 Å². The van der Waals surface area contributed by atoms with Gasteiger partial charge in [-0.15, -0.1) is 0 Å². The lowest BCUT2D eigenvalue weighted by atomic mass is 9.98. The maximum Gasteiger partial charge on any atom is 0.338 e. The van der Waals surface area contributed by atoms with Crippen LogP contribution in [0.2, 0.25) is 5.02 Å². The summed E-state index contributed by atoms with van der Waals surface area (Å²) < 4.78 is 68.1. The first-order chi connectivity index (χ1) is 15.6. The van der Waals surface area contributed by atoms with E-state index < -0.39 is 49.0 Å². The molecular weight excluding hydrogens is 480 g/mol. The highest BCUT2D eigenvalue weighted by atomic mass is 35.5. The topological polar surface area (TPSA) is 102 Å². The zero-order chi connectivity index (χ0) is 23.9. The van der Waals surface area contributed by atoms with Crippen molar-refractivity contribution in [1.29, 1.82) is 0 Å². The average Bonchev–Trinajstić information content (AvgIpc) is 2.74. The van der Waals surface area contributed by atoms with Crippen molar-refractivity contribution in [3.63, 3.8) is 0 Å². The molecule has 2 N–H and O–H groups in total. The number of hydrogen-bond donors (Lipinski definition) is 2. The summed E-state index contributed by atoms with van der Waals surface area (Å²) in [6, 6.07) is 8.29. The number of esters is 1. The Kier molecular flexibility index (Phi) is 5.89. The van der Waals surface area contributed by atoms with Crippen molar-refractivity contribution in [1.82, 2.24) is 0 Å². The standard InChI is InChI=1S/C22H16ClF2NO6S/c1-11-3-2-4-18-20(11)13-9-17(16(25)10-15(13)24)26-33(29,30)19-8-12(7-14(23)21(19)27)22(28)32-6-5-31-18/h2-4,7-10,26-27H,5-6H2,1H3. The van der Waals surface area contributed by atoms with Crippen LogP contribution in [0.5, 0.6) is 11.5 Å². The van der Waals surface area contributed by atoms with Crippen LogP contribution in [-0.4, -0.2) is 32.7 Å². The number of phenols is 1. The number of carbonyl (C=O) groups excluding carboxylic acids is 1. The van der Waals surface area contributed by atoms with E-state index in [0.717, 1.165) is 18.2 Å². The highest BCUT2D eigenvalue weighted by molar-refractivity contribution is 7.92. The fourth-order valence-electron chi connectivity index (χ4n) is 3.39. The lowest BCUT2D eigenvalue weighted by Crippen LogP contribution is -2.16. The number of anilines is 1. The zero-order valence-corrected chi connectivity index (χ0v) is 18.6. The first-order valence-electron chi connectivity index (χ1n) is 9.53. The third kappa shape index (κ3) is 4.31. The number of fused-ring (bicyclic) bond motifs is 6. The minimum Gasteiger partial charge on any atom is -0.505 e. The molecule has 0 aliphatic carbocycles. The number of sulfonamides is 1. The second kappa shape index (κ2) is 8.53. The molecule has 4 rings (SSSR count). The van der Waals surface area contributed by atoms with Crippen LogP contribution in [0.1, 0.15) is 15.9 Å². The normalized spacial score (nSPS) is 15.2. The quantitative estimate of drug-likeness (QED) is 0.440. The van der Waals surface area contributed by atoms with Gasteiger partial charge in [0, 0.05) is 17.2 Å². The Bertz CT molecular complexity index is 1390. The van der Waals surface area contributed by atoms with E-state index in [1.165, 1.54) is 0 Å². The smallest absolute Gasteiger partial charge is 0.338 e. The maximum absolute atomic E-state index is 14.8. The molecule has 0 atom stereocenters. The number of cyclic esters (lactones) is 1. The lowest BCUT2D eigenvalue weighted by Gasteiger charge is -2.16. The number of ether oxygens (including phenoxy) is 2. The fraction of sp³-hybridized carbons (Fsp3) is 0.136. The largest absolute Gasteiger partial charge is 0.505 e. The Balaban J connectivity index is 1.96. The Hall–Kier alpha value is -3.37. The van der Waals surface area contributed by atoms with Crippen LogP contribution >= 0.6 is 11.6 Å². The molecule has 11 heteroatoms. The summed E-state index contributed by atoms with van der Waals surface area (Å²) in [5, 5.41) is 9.77. The summed E-state index contributed by atoms with van der Waals surface area (Å²) in [6.45, 7) is 1.35. The van der Waals surface area contributed by atoms with Gasteiger partial charge >= 0.3 is 5.97 Å². The van der Waals surface area contributed by atoms with Crippen molar-refractivity contribution < 1.29 is 36.6 Å². The van der Waals surface area contributed by atoms with E-state index in [-0.39, 0.29) is 35.7 Å². The molecule has 7 nitrogen and oxygen atoms in total. The molecule has 3 aromatic rings. The van der Waals surface area contributed by atoms with Crippen molar-refractivity contribution in [2.45, 2.75) is 11.8 Å². The van der Waals surface area contributed by atoms with Gasteiger partial charge in [0.1, 0.15) is 35.5 Å². The predicted octanol–water partition coefficient (Wildman–Crippen LogP) is 4.65. The third-order valence-corrected chi connectivity index (χ3v) is 6.60. The van der Waals surface area contributed by atoms with E-state index in [4.69, 9.17) is 21.1 Å². The van der Waals surface area contributed by atoms with Gasteiger partial charge in [-0.1, -0.05) is 23.7 Å². The second-order valence-corrected chi connectivity index (χ2v) is 9.21. The molecule has 172 valence electrons. The highest BCUT2D eigenvalue weighted by Crippen LogP contribution is 2.39. The molecule has 0 saturated heterocycles. The minimum absolute atomic E-state index is 0.104. The molecule has 0 amide bonds. The van der Waals surface area contributed by atoms with Crippen LogP contribution in [0.4, 0.5) is 14.5 Å². The number of hydrogen-bond acceptors (Lipinski definition) is 6. The Morgan fingerprint density at radius 2 is 1.79 bits per heavy atom. The van der Waals surface area contributed by atoms with Crippen LogP contribution in [0.15, 0.2) is 47.4 Å². The molecule has 3 aromatic carbocycles. The zero-order valence-electron chi connectivity index (χ0n) is 17.0. The SMILES string of the molecule is Cc1cccc2c1-c1cc(c(F)cc1F)NS(=O)(=O)c1cc(cc(Cl)c1O)C(=O)OCCO2. The Morgan fingerprint density at radius 3 is 2.55 bits per heavy atom. The fourth-order valence-corrected chi connectivity index (χ4v) is 4.87. The van der Waals surface area contributed by atoms with Gasteiger partial charge in [0.2, 0.25) is 0 Å². The van der Waals surface area contributed by atoms with Crippen LogP contribution < -0.4 is 9.46 Å². The van der Waals surface area contributed by atoms with Gasteiger partial charge in [0.05, 0.1) is 16.3 Å². The number of phenolic OH excluding ortho intramolecular Hbond substituents is 1. The van der Waals surface area contributed by atoms with Gasteiger partial charge in [0.15, 0.2) is 5.75 Å². The number of carbonyl (C=O) groups is 1. The molecule has 1 aliphatic rings. The molecule has 0 spiro atoms. The van der Waals surface area contributed by atoms with Gasteiger partial charge in [0.25, 0.3) is 10.0 Å². The number of nitrogens with one attached hydrogen (secondary N) is 1. The summed E-state index contributed by atoms with van der Waals surface area (Å²) in [5.74, 6) is -3.69. The van der Waals surface area contributed by atoms with Crippen LogP contribution in [0.25, 0.3) is 11.1 Å². The van der Waals surface area contributed by atoms with Crippen molar-refractivity contribution in [3.8, 4) is 22.6 Å². The maximum atomic E-state index is 14.8. The number of halogens is 3. The minimum atomic E-state index is -4.66. The van der Waals surface area contributed by atoms with Gasteiger partial charge in [-0.3, -0.25) is 4.72 Å². The molecule has 0 aromatic heterocycles.